The quantitative estimate of drug-likeness (QED) is 0.459. The number of thiophene rings is 1. The fourth-order valence-corrected chi connectivity index (χ4v) is 5.16. The monoisotopic (exact) mass is 472 g/mol. The molecule has 0 saturated carbocycles. The molecule has 0 unspecified atom stereocenters. The summed E-state index contributed by atoms with van der Waals surface area (Å²) >= 11 is 4.98. The minimum absolute atomic E-state index is 0.151. The molecule has 3 aromatic rings. The topological polar surface area (TPSA) is 76.3 Å². The Labute approximate surface area is 180 Å². The van der Waals surface area contributed by atoms with Crippen LogP contribution in [-0.4, -0.2) is 21.7 Å². The van der Waals surface area contributed by atoms with E-state index in [1.165, 1.54) is 15.8 Å². The zero-order chi connectivity index (χ0) is 20.5. The highest BCUT2D eigenvalue weighted by molar-refractivity contribution is 9.10. The summed E-state index contributed by atoms with van der Waals surface area (Å²) in [4.78, 5) is 32.2. The number of fused-ring (bicyclic) bond motifs is 3. The number of benzene rings is 1. The van der Waals surface area contributed by atoms with Gasteiger partial charge in [0.2, 0.25) is 0 Å². The van der Waals surface area contributed by atoms with E-state index in [0.29, 0.717) is 11.3 Å². The van der Waals surface area contributed by atoms with Gasteiger partial charge in [0.05, 0.1) is 17.9 Å². The van der Waals surface area contributed by atoms with Gasteiger partial charge in [0.15, 0.2) is 0 Å². The van der Waals surface area contributed by atoms with Crippen LogP contribution in [0.1, 0.15) is 42.3 Å². The number of nitrogens with one attached hydrogen (secondary N) is 1. The van der Waals surface area contributed by atoms with Crippen molar-refractivity contribution in [2.24, 2.45) is 11.0 Å². The van der Waals surface area contributed by atoms with Crippen molar-refractivity contribution in [3.05, 3.63) is 61.4 Å². The molecule has 2 heterocycles. The number of nitrogens with zero attached hydrogens (tertiary/aromatic N) is 3. The average Bonchev–Trinajstić information content (AvgIpc) is 3.07. The molecule has 1 aromatic carbocycles. The molecule has 0 bridgehead atoms. The molecule has 0 radical (unpaired) electrons. The van der Waals surface area contributed by atoms with Crippen LogP contribution in [0, 0.1) is 5.92 Å². The summed E-state index contributed by atoms with van der Waals surface area (Å²) < 4.78 is 2.37. The number of hydrogen-bond acceptors (Lipinski definition) is 5. The van der Waals surface area contributed by atoms with Crippen LogP contribution in [0.15, 0.2) is 45.0 Å². The molecule has 2 atom stereocenters. The van der Waals surface area contributed by atoms with E-state index in [2.05, 4.69) is 38.4 Å². The van der Waals surface area contributed by atoms with Crippen LogP contribution in [0.2, 0.25) is 0 Å². The van der Waals surface area contributed by atoms with Gasteiger partial charge >= 0.3 is 0 Å². The lowest BCUT2D eigenvalue weighted by molar-refractivity contribution is -0.123. The molecule has 8 heteroatoms. The van der Waals surface area contributed by atoms with Crippen molar-refractivity contribution >= 4 is 49.6 Å². The SMILES string of the molecule is C[C@@H]1CCc2c(sc3ncn([C@H](C)C(=O)N/N=C/c4ccc(Br)cc4)c(=O)c23)C1. The first kappa shape index (κ1) is 20.0. The maximum atomic E-state index is 13.1. The number of carbonyl (C=O) groups is 1. The summed E-state index contributed by atoms with van der Waals surface area (Å²) in [5.74, 6) is 0.269. The number of rotatable bonds is 4. The van der Waals surface area contributed by atoms with Gasteiger partial charge in [0.1, 0.15) is 10.9 Å². The average molecular weight is 473 g/mol. The highest BCUT2D eigenvalue weighted by Gasteiger charge is 2.25. The van der Waals surface area contributed by atoms with Gasteiger partial charge < -0.3 is 0 Å². The van der Waals surface area contributed by atoms with Crippen molar-refractivity contribution in [3.8, 4) is 0 Å². The Kier molecular flexibility index (Phi) is 5.65. The molecule has 29 heavy (non-hydrogen) atoms. The molecule has 1 N–H and O–H groups in total. The molecule has 0 spiro atoms. The summed E-state index contributed by atoms with van der Waals surface area (Å²) in [6.45, 7) is 3.92. The minimum atomic E-state index is -0.709. The normalized spacial score (nSPS) is 17.4. The van der Waals surface area contributed by atoms with Gasteiger partial charge in [0.25, 0.3) is 11.5 Å². The first-order valence-corrected chi connectivity index (χ1v) is 11.1. The van der Waals surface area contributed by atoms with Crippen LogP contribution in [0.3, 0.4) is 0 Å². The van der Waals surface area contributed by atoms with Crippen LogP contribution in [0.4, 0.5) is 0 Å². The molecule has 1 amide bonds. The molecular weight excluding hydrogens is 452 g/mol. The van der Waals surface area contributed by atoms with E-state index >= 15 is 0 Å². The molecule has 0 saturated heterocycles. The number of aryl methyl sites for hydroxylation is 1. The molecule has 4 rings (SSSR count). The van der Waals surface area contributed by atoms with E-state index in [1.807, 2.05) is 24.3 Å². The molecule has 2 aromatic heterocycles. The Bertz CT molecular complexity index is 1150. The van der Waals surface area contributed by atoms with Gasteiger partial charge in [-0.1, -0.05) is 35.0 Å². The first-order chi connectivity index (χ1) is 13.9. The maximum Gasteiger partial charge on any atom is 0.263 e. The standard InChI is InChI=1S/C21H21BrN4O2S/c1-12-3-8-16-17(9-12)29-20-18(16)21(28)26(11-23-20)13(2)19(27)25-24-10-14-4-6-15(22)7-5-14/h4-7,10-13H,3,8-9H2,1-2H3,(H,25,27)/b24-10+/t12-,13-/m1/s1. The fourth-order valence-electron chi connectivity index (χ4n) is 3.56. The lowest BCUT2D eigenvalue weighted by Crippen LogP contribution is -2.34. The van der Waals surface area contributed by atoms with E-state index in [1.54, 1.807) is 24.5 Å². The number of hydrazone groups is 1. The molecule has 0 fully saturated rings. The third-order valence-electron chi connectivity index (χ3n) is 5.30. The Morgan fingerprint density at radius 2 is 2.17 bits per heavy atom. The lowest BCUT2D eigenvalue weighted by Gasteiger charge is -2.18. The smallest absolute Gasteiger partial charge is 0.263 e. The summed E-state index contributed by atoms with van der Waals surface area (Å²) in [5, 5.41) is 4.68. The van der Waals surface area contributed by atoms with Crippen molar-refractivity contribution in [3.63, 3.8) is 0 Å². The second kappa shape index (κ2) is 8.20. The Balaban J connectivity index is 1.55. The van der Waals surface area contributed by atoms with Gasteiger partial charge in [-0.25, -0.2) is 10.4 Å². The third kappa shape index (κ3) is 4.04. The Morgan fingerprint density at radius 3 is 2.93 bits per heavy atom. The van der Waals surface area contributed by atoms with E-state index in [0.717, 1.165) is 39.7 Å². The molecule has 1 aliphatic rings. The maximum absolute atomic E-state index is 13.1. The van der Waals surface area contributed by atoms with Crippen molar-refractivity contribution in [2.75, 3.05) is 0 Å². The van der Waals surface area contributed by atoms with Crippen LogP contribution in [0.25, 0.3) is 10.2 Å². The molecule has 1 aliphatic carbocycles. The molecule has 150 valence electrons. The predicted molar refractivity (Wildman–Crippen MR) is 120 cm³/mol. The number of carbonyl (C=O) groups excluding carboxylic acids is 1. The second-order valence-electron chi connectivity index (χ2n) is 7.45. The fraction of sp³-hybridized carbons (Fsp3) is 0.333. The van der Waals surface area contributed by atoms with Gasteiger partial charge in [-0.15, -0.1) is 11.3 Å². The van der Waals surface area contributed by atoms with Crippen molar-refractivity contribution in [2.45, 2.75) is 39.2 Å². The van der Waals surface area contributed by atoms with E-state index < -0.39 is 6.04 Å². The van der Waals surface area contributed by atoms with Crippen LogP contribution in [-0.2, 0) is 17.6 Å². The summed E-state index contributed by atoms with van der Waals surface area (Å²) in [6, 6.07) is 6.85. The Hall–Kier alpha value is -2.32. The van der Waals surface area contributed by atoms with Gasteiger partial charge in [-0.3, -0.25) is 14.2 Å². The van der Waals surface area contributed by atoms with Crippen molar-refractivity contribution in [1.82, 2.24) is 15.0 Å². The molecule has 0 aliphatic heterocycles. The number of halogens is 1. The Morgan fingerprint density at radius 1 is 1.41 bits per heavy atom. The number of hydrogen-bond donors (Lipinski definition) is 1. The number of aromatic nitrogens is 2. The van der Waals surface area contributed by atoms with Gasteiger partial charge in [-0.2, -0.15) is 5.10 Å². The first-order valence-electron chi connectivity index (χ1n) is 9.54. The van der Waals surface area contributed by atoms with Crippen LogP contribution >= 0.6 is 27.3 Å². The summed E-state index contributed by atoms with van der Waals surface area (Å²) in [7, 11) is 0. The third-order valence-corrected chi connectivity index (χ3v) is 6.99. The van der Waals surface area contributed by atoms with Gasteiger partial charge in [-0.05, 0) is 55.4 Å². The van der Waals surface area contributed by atoms with Crippen LogP contribution < -0.4 is 11.0 Å². The van der Waals surface area contributed by atoms with Gasteiger partial charge in [0, 0.05) is 9.35 Å². The summed E-state index contributed by atoms with van der Waals surface area (Å²) in [5.41, 5.74) is 4.35. The second-order valence-corrected chi connectivity index (χ2v) is 9.45. The minimum Gasteiger partial charge on any atom is -0.286 e. The predicted octanol–water partition coefficient (Wildman–Crippen LogP) is 4.06. The van der Waals surface area contributed by atoms with Crippen LogP contribution in [0.5, 0.6) is 0 Å². The van der Waals surface area contributed by atoms with Crippen molar-refractivity contribution in [1.29, 1.82) is 0 Å². The molecular formula is C21H21BrN4O2S. The highest BCUT2D eigenvalue weighted by Crippen LogP contribution is 2.35. The highest BCUT2D eigenvalue weighted by atomic mass is 79.9. The summed E-state index contributed by atoms with van der Waals surface area (Å²) in [6.07, 6.45) is 6.01. The lowest BCUT2D eigenvalue weighted by atomic mass is 9.89. The number of amides is 1. The zero-order valence-electron chi connectivity index (χ0n) is 16.2. The molecule has 6 nitrogen and oxygen atoms in total. The van der Waals surface area contributed by atoms with E-state index in [4.69, 9.17) is 0 Å². The van der Waals surface area contributed by atoms with E-state index in [9.17, 15) is 9.59 Å². The van der Waals surface area contributed by atoms with Crippen molar-refractivity contribution < 1.29 is 4.79 Å². The van der Waals surface area contributed by atoms with E-state index in [-0.39, 0.29) is 11.5 Å². The zero-order valence-corrected chi connectivity index (χ0v) is 18.6. The largest absolute Gasteiger partial charge is 0.286 e.